The highest BCUT2D eigenvalue weighted by molar-refractivity contribution is 7.11. The molecule has 0 aliphatic heterocycles. The molecule has 1 atom stereocenters. The van der Waals surface area contributed by atoms with Gasteiger partial charge in [-0.2, -0.15) is 0 Å². The van der Waals surface area contributed by atoms with Crippen molar-refractivity contribution in [2.75, 3.05) is 0 Å². The molecule has 1 aromatic carbocycles. The van der Waals surface area contributed by atoms with E-state index < -0.39 is 0 Å². The smallest absolute Gasteiger partial charge is 0.0897 e. The summed E-state index contributed by atoms with van der Waals surface area (Å²) in [6, 6.07) is 5.89. The van der Waals surface area contributed by atoms with Gasteiger partial charge >= 0.3 is 0 Å². The lowest BCUT2D eigenvalue weighted by atomic mass is 10.0. The first-order valence-corrected chi connectivity index (χ1v) is 7.77. The highest BCUT2D eigenvalue weighted by Crippen LogP contribution is 2.28. The molecule has 2 aromatic rings. The molecule has 0 radical (unpaired) electrons. The summed E-state index contributed by atoms with van der Waals surface area (Å²) in [5.74, 6) is 0. The first kappa shape index (κ1) is 14.8. The van der Waals surface area contributed by atoms with Gasteiger partial charge in [-0.1, -0.05) is 36.2 Å². The quantitative estimate of drug-likeness (QED) is 0.840. The molecule has 0 spiro atoms. The second kappa shape index (κ2) is 6.71. The average Bonchev–Trinajstić information content (AvgIpc) is 2.78. The van der Waals surface area contributed by atoms with Crippen molar-refractivity contribution < 1.29 is 0 Å². The first-order valence-electron chi connectivity index (χ1n) is 6.19. The zero-order chi connectivity index (χ0) is 13.8. The van der Waals surface area contributed by atoms with Crippen LogP contribution in [0.5, 0.6) is 0 Å². The average molecular weight is 315 g/mol. The lowest BCUT2D eigenvalue weighted by Crippen LogP contribution is -2.20. The van der Waals surface area contributed by atoms with Crippen molar-refractivity contribution in [3.8, 4) is 0 Å². The molecule has 0 saturated heterocycles. The van der Waals surface area contributed by atoms with E-state index in [0.29, 0.717) is 10.0 Å². The highest BCUT2D eigenvalue weighted by Gasteiger charge is 2.13. The Morgan fingerprint density at radius 1 is 1.37 bits per heavy atom. The van der Waals surface area contributed by atoms with Crippen LogP contribution >= 0.6 is 34.5 Å². The van der Waals surface area contributed by atoms with Crippen LogP contribution in [-0.4, -0.2) is 4.98 Å². The Labute approximate surface area is 127 Å². The van der Waals surface area contributed by atoms with Gasteiger partial charge in [0.2, 0.25) is 0 Å². The van der Waals surface area contributed by atoms with Crippen LogP contribution in [0.15, 0.2) is 24.4 Å². The summed E-state index contributed by atoms with van der Waals surface area (Å²) < 4.78 is 0. The van der Waals surface area contributed by atoms with E-state index in [1.165, 1.54) is 4.88 Å². The van der Waals surface area contributed by atoms with Crippen molar-refractivity contribution in [1.82, 2.24) is 10.3 Å². The summed E-state index contributed by atoms with van der Waals surface area (Å²) in [6.45, 7) is 4.96. The summed E-state index contributed by atoms with van der Waals surface area (Å²) in [7, 11) is 0. The fourth-order valence-corrected chi connectivity index (χ4v) is 3.26. The molecular weight excluding hydrogens is 299 g/mol. The zero-order valence-electron chi connectivity index (χ0n) is 10.9. The number of aromatic nitrogens is 1. The number of halogens is 2. The lowest BCUT2D eigenvalue weighted by molar-refractivity contribution is 0.522. The molecule has 0 amide bonds. The minimum atomic E-state index is 0.229. The molecule has 0 saturated carbocycles. The van der Waals surface area contributed by atoms with Crippen LogP contribution < -0.4 is 5.32 Å². The Morgan fingerprint density at radius 3 is 2.74 bits per heavy atom. The summed E-state index contributed by atoms with van der Waals surface area (Å²) in [5.41, 5.74) is 1.09. The predicted molar refractivity (Wildman–Crippen MR) is 83.2 cm³/mol. The van der Waals surface area contributed by atoms with Gasteiger partial charge in [0.05, 0.1) is 5.01 Å². The maximum atomic E-state index is 6.25. The Hall–Kier alpha value is -0.610. The van der Waals surface area contributed by atoms with E-state index in [1.807, 2.05) is 25.3 Å². The van der Waals surface area contributed by atoms with E-state index in [4.69, 9.17) is 23.2 Å². The van der Waals surface area contributed by atoms with Crippen molar-refractivity contribution in [2.24, 2.45) is 0 Å². The molecule has 1 N–H and O–H groups in total. The van der Waals surface area contributed by atoms with Crippen molar-refractivity contribution >= 4 is 34.5 Å². The van der Waals surface area contributed by atoms with Gasteiger partial charge in [-0.3, -0.25) is 0 Å². The highest BCUT2D eigenvalue weighted by atomic mass is 35.5. The minimum absolute atomic E-state index is 0.229. The van der Waals surface area contributed by atoms with Crippen LogP contribution in [0.25, 0.3) is 0 Å². The second-order valence-corrected chi connectivity index (χ2v) is 6.52. The molecule has 1 heterocycles. The molecule has 0 bridgehead atoms. The Kier molecular flexibility index (Phi) is 5.22. The Balaban J connectivity index is 2.07. The fourth-order valence-electron chi connectivity index (χ4n) is 1.97. The molecule has 0 fully saturated rings. The van der Waals surface area contributed by atoms with Crippen molar-refractivity contribution in [3.05, 3.63) is 49.9 Å². The number of benzene rings is 1. The molecule has 5 heteroatoms. The number of hydrogen-bond donors (Lipinski definition) is 1. The summed E-state index contributed by atoms with van der Waals surface area (Å²) in [4.78, 5) is 5.49. The number of nitrogens with one attached hydrogen (secondary N) is 1. The third kappa shape index (κ3) is 3.93. The number of rotatable bonds is 5. The van der Waals surface area contributed by atoms with Gasteiger partial charge in [0.1, 0.15) is 0 Å². The standard InChI is InChI=1S/C14H16Cl2N2S/c1-3-14(12-5-4-10(15)6-13(12)16)18-8-11-7-17-9(2)19-11/h4-7,14,18H,3,8H2,1-2H3. The van der Waals surface area contributed by atoms with Crippen LogP contribution in [0.2, 0.25) is 10.0 Å². The lowest BCUT2D eigenvalue weighted by Gasteiger charge is -2.18. The van der Waals surface area contributed by atoms with Crippen LogP contribution in [0, 0.1) is 6.92 Å². The summed E-state index contributed by atoms with van der Waals surface area (Å²) in [5, 5.41) is 5.99. The predicted octanol–water partition coefficient (Wildman–Crippen LogP) is 5.00. The van der Waals surface area contributed by atoms with Gasteiger partial charge in [0.25, 0.3) is 0 Å². The second-order valence-electron chi connectivity index (χ2n) is 4.35. The van der Waals surface area contributed by atoms with Crippen LogP contribution in [0.3, 0.4) is 0 Å². The van der Waals surface area contributed by atoms with Crippen LogP contribution in [0.1, 0.15) is 34.8 Å². The number of thiazole rings is 1. The first-order chi connectivity index (χ1) is 9.10. The van der Waals surface area contributed by atoms with E-state index >= 15 is 0 Å². The minimum Gasteiger partial charge on any atom is -0.305 e. The topological polar surface area (TPSA) is 24.9 Å². The van der Waals surface area contributed by atoms with E-state index in [9.17, 15) is 0 Å². The van der Waals surface area contributed by atoms with Gasteiger partial charge in [0, 0.05) is 33.7 Å². The number of hydrogen-bond acceptors (Lipinski definition) is 3. The van der Waals surface area contributed by atoms with Crippen LogP contribution in [-0.2, 0) is 6.54 Å². The van der Waals surface area contributed by atoms with Gasteiger partial charge in [-0.15, -0.1) is 11.3 Å². The maximum absolute atomic E-state index is 6.25. The molecule has 0 aliphatic rings. The van der Waals surface area contributed by atoms with Gasteiger partial charge in [0.15, 0.2) is 0 Å². The molecular formula is C14H16Cl2N2S. The number of nitrogens with zero attached hydrogens (tertiary/aromatic N) is 1. The molecule has 2 nitrogen and oxygen atoms in total. The molecule has 102 valence electrons. The maximum Gasteiger partial charge on any atom is 0.0897 e. The van der Waals surface area contributed by atoms with Crippen molar-refractivity contribution in [2.45, 2.75) is 32.9 Å². The zero-order valence-corrected chi connectivity index (χ0v) is 13.2. The van der Waals surface area contributed by atoms with E-state index in [0.717, 1.165) is 23.5 Å². The SMILES string of the molecule is CCC(NCc1cnc(C)s1)c1ccc(Cl)cc1Cl. The third-order valence-electron chi connectivity index (χ3n) is 2.94. The van der Waals surface area contributed by atoms with Gasteiger partial charge < -0.3 is 5.32 Å². The van der Waals surface area contributed by atoms with Crippen molar-refractivity contribution in [1.29, 1.82) is 0 Å². The molecule has 19 heavy (non-hydrogen) atoms. The number of aryl methyl sites for hydroxylation is 1. The molecule has 1 aromatic heterocycles. The molecule has 2 rings (SSSR count). The largest absolute Gasteiger partial charge is 0.305 e. The van der Waals surface area contributed by atoms with E-state index in [-0.39, 0.29) is 6.04 Å². The van der Waals surface area contributed by atoms with Crippen LogP contribution in [0.4, 0.5) is 0 Å². The molecule has 1 unspecified atom stereocenters. The van der Waals surface area contributed by atoms with E-state index in [1.54, 1.807) is 17.4 Å². The van der Waals surface area contributed by atoms with E-state index in [2.05, 4.69) is 17.2 Å². The third-order valence-corrected chi connectivity index (χ3v) is 4.41. The summed E-state index contributed by atoms with van der Waals surface area (Å²) in [6.07, 6.45) is 2.89. The van der Waals surface area contributed by atoms with Crippen molar-refractivity contribution in [3.63, 3.8) is 0 Å². The Bertz CT molecular complexity index is 554. The van der Waals surface area contributed by atoms with Gasteiger partial charge in [-0.05, 0) is 31.0 Å². The Morgan fingerprint density at radius 2 is 2.16 bits per heavy atom. The summed E-state index contributed by atoms with van der Waals surface area (Å²) >= 11 is 13.9. The fraction of sp³-hybridized carbons (Fsp3) is 0.357. The normalized spacial score (nSPS) is 12.6. The van der Waals surface area contributed by atoms with Gasteiger partial charge in [-0.25, -0.2) is 4.98 Å². The monoisotopic (exact) mass is 314 g/mol. The molecule has 0 aliphatic carbocycles.